The Hall–Kier alpha value is -1.07. The van der Waals surface area contributed by atoms with Gasteiger partial charge in [0.2, 0.25) is 0 Å². The highest BCUT2D eigenvalue weighted by Gasteiger charge is 2.21. The van der Waals surface area contributed by atoms with Crippen LogP contribution in [0.25, 0.3) is 0 Å². The van der Waals surface area contributed by atoms with Crippen molar-refractivity contribution in [3.8, 4) is 0 Å². The summed E-state index contributed by atoms with van der Waals surface area (Å²) < 4.78 is 28.8. The Morgan fingerprint density at radius 1 is 1.24 bits per heavy atom. The van der Waals surface area contributed by atoms with Crippen LogP contribution in [0.3, 0.4) is 0 Å². The van der Waals surface area contributed by atoms with Crippen LogP contribution < -0.4 is 0 Å². The molecule has 116 valence electrons. The van der Waals surface area contributed by atoms with Crippen LogP contribution in [0, 0.1) is 5.92 Å². The molecule has 0 spiro atoms. The molecule has 0 saturated carbocycles. The van der Waals surface area contributed by atoms with Gasteiger partial charge in [-0.15, -0.1) is 4.40 Å². The van der Waals surface area contributed by atoms with Crippen molar-refractivity contribution < 1.29 is 8.42 Å². The van der Waals surface area contributed by atoms with Crippen molar-refractivity contribution in [3.05, 3.63) is 29.3 Å². The molecule has 0 atom stereocenters. The van der Waals surface area contributed by atoms with Crippen molar-refractivity contribution >= 4 is 27.5 Å². The molecule has 21 heavy (non-hydrogen) atoms. The summed E-state index contributed by atoms with van der Waals surface area (Å²) in [6.07, 6.45) is 2.80. The van der Waals surface area contributed by atoms with Gasteiger partial charge in [-0.3, -0.25) is 0 Å². The normalized spacial score (nSPS) is 18.5. The molecule has 1 fully saturated rings. The van der Waals surface area contributed by atoms with E-state index in [1.807, 2.05) is 0 Å². The molecule has 0 unspecified atom stereocenters. The summed E-state index contributed by atoms with van der Waals surface area (Å²) in [4.78, 5) is 2.29. The second kappa shape index (κ2) is 6.79. The Morgan fingerprint density at radius 2 is 1.90 bits per heavy atom. The predicted octanol–water partition coefficient (Wildman–Crippen LogP) is 3.57. The SMILES string of the molecule is CC(C)CN1CCCC/C1=N\S(=O)(=O)c1ccc(Cl)cc1. The molecule has 0 aromatic heterocycles. The minimum atomic E-state index is -3.66. The zero-order chi connectivity index (χ0) is 15.5. The van der Waals surface area contributed by atoms with E-state index in [4.69, 9.17) is 11.6 Å². The lowest BCUT2D eigenvalue weighted by molar-refractivity contribution is 0.331. The molecule has 1 aromatic rings. The molecule has 6 heteroatoms. The highest BCUT2D eigenvalue weighted by Crippen LogP contribution is 2.20. The number of nitrogens with zero attached hydrogens (tertiary/aromatic N) is 2. The quantitative estimate of drug-likeness (QED) is 0.849. The molecule has 0 bridgehead atoms. The fourth-order valence-corrected chi connectivity index (χ4v) is 3.61. The van der Waals surface area contributed by atoms with Crippen LogP contribution in [0.5, 0.6) is 0 Å². The monoisotopic (exact) mass is 328 g/mol. The third kappa shape index (κ3) is 4.45. The average Bonchev–Trinajstić information content (AvgIpc) is 2.40. The first-order valence-corrected chi connectivity index (χ1v) is 9.04. The van der Waals surface area contributed by atoms with Gasteiger partial charge in [0.1, 0.15) is 5.84 Å². The molecular formula is C15H21ClN2O2S. The van der Waals surface area contributed by atoms with E-state index >= 15 is 0 Å². The number of benzene rings is 1. The summed E-state index contributed by atoms with van der Waals surface area (Å²) in [6, 6.07) is 6.14. The van der Waals surface area contributed by atoms with Crippen molar-refractivity contribution in [2.45, 2.75) is 38.0 Å². The molecule has 1 heterocycles. The van der Waals surface area contributed by atoms with Gasteiger partial charge < -0.3 is 4.90 Å². The first-order chi connectivity index (χ1) is 9.88. The number of sulfonamides is 1. The molecular weight excluding hydrogens is 308 g/mol. The molecule has 0 radical (unpaired) electrons. The van der Waals surface area contributed by atoms with Crippen LogP contribution in [0.15, 0.2) is 33.6 Å². The smallest absolute Gasteiger partial charge is 0.283 e. The first-order valence-electron chi connectivity index (χ1n) is 7.23. The number of amidine groups is 1. The van der Waals surface area contributed by atoms with Crippen molar-refractivity contribution in [2.75, 3.05) is 13.1 Å². The number of likely N-dealkylation sites (tertiary alicyclic amines) is 1. The van der Waals surface area contributed by atoms with Crippen LogP contribution >= 0.6 is 11.6 Å². The van der Waals surface area contributed by atoms with Gasteiger partial charge in [-0.05, 0) is 43.0 Å². The molecule has 0 N–H and O–H groups in total. The standard InChI is InChI=1S/C15H21ClN2O2S/c1-12(2)11-18-10-4-3-5-15(18)17-21(19,20)14-8-6-13(16)7-9-14/h6-9,12H,3-5,10-11H2,1-2H3/b17-15+. The zero-order valence-corrected chi connectivity index (χ0v) is 14.0. The van der Waals surface area contributed by atoms with Crippen LogP contribution in [0.2, 0.25) is 5.02 Å². The summed E-state index contributed by atoms with van der Waals surface area (Å²) in [5.41, 5.74) is 0. The molecule has 1 aliphatic rings. The van der Waals surface area contributed by atoms with E-state index in [1.54, 1.807) is 12.1 Å². The number of hydrogen-bond acceptors (Lipinski definition) is 2. The van der Waals surface area contributed by atoms with Crippen molar-refractivity contribution in [3.63, 3.8) is 0 Å². The average molecular weight is 329 g/mol. The first kappa shape index (κ1) is 16.3. The zero-order valence-electron chi connectivity index (χ0n) is 12.4. The fraction of sp³-hybridized carbons (Fsp3) is 0.533. The van der Waals surface area contributed by atoms with Gasteiger partial charge in [0.05, 0.1) is 4.90 Å². The fourth-order valence-electron chi connectivity index (χ4n) is 2.41. The number of rotatable bonds is 4. The number of piperidine rings is 1. The third-order valence-corrected chi connectivity index (χ3v) is 4.94. The Balaban J connectivity index is 2.28. The summed E-state index contributed by atoms with van der Waals surface area (Å²) in [5.74, 6) is 1.16. The lowest BCUT2D eigenvalue weighted by Crippen LogP contribution is -2.38. The van der Waals surface area contributed by atoms with E-state index in [0.29, 0.717) is 16.8 Å². The Morgan fingerprint density at radius 3 is 2.52 bits per heavy atom. The van der Waals surface area contributed by atoms with E-state index in [9.17, 15) is 8.42 Å². The summed E-state index contributed by atoms with van der Waals surface area (Å²) in [6.45, 7) is 5.97. The molecule has 2 rings (SSSR count). The largest absolute Gasteiger partial charge is 0.359 e. The van der Waals surface area contributed by atoms with E-state index in [-0.39, 0.29) is 4.90 Å². The Bertz CT molecular complexity index is 609. The van der Waals surface area contributed by atoms with Crippen LogP contribution in [-0.2, 0) is 10.0 Å². The topological polar surface area (TPSA) is 49.7 Å². The predicted molar refractivity (Wildman–Crippen MR) is 86.3 cm³/mol. The summed E-state index contributed by atoms with van der Waals surface area (Å²) >= 11 is 5.80. The van der Waals surface area contributed by atoms with E-state index in [1.165, 1.54) is 12.1 Å². The van der Waals surface area contributed by atoms with E-state index in [2.05, 4.69) is 23.1 Å². The molecule has 0 aliphatic carbocycles. The number of halogens is 1. The molecule has 1 aromatic carbocycles. The highest BCUT2D eigenvalue weighted by atomic mass is 35.5. The molecule has 0 amide bonds. The molecule has 4 nitrogen and oxygen atoms in total. The van der Waals surface area contributed by atoms with Crippen molar-refractivity contribution in [2.24, 2.45) is 10.3 Å². The van der Waals surface area contributed by atoms with Gasteiger partial charge >= 0.3 is 0 Å². The van der Waals surface area contributed by atoms with Crippen LogP contribution in [0.4, 0.5) is 0 Å². The van der Waals surface area contributed by atoms with Gasteiger partial charge in [0.25, 0.3) is 10.0 Å². The maximum absolute atomic E-state index is 12.4. The minimum Gasteiger partial charge on any atom is -0.359 e. The second-order valence-electron chi connectivity index (χ2n) is 5.73. The van der Waals surface area contributed by atoms with E-state index < -0.39 is 10.0 Å². The van der Waals surface area contributed by atoms with Crippen molar-refractivity contribution in [1.29, 1.82) is 0 Å². The maximum atomic E-state index is 12.4. The molecule has 1 aliphatic heterocycles. The summed E-state index contributed by atoms with van der Waals surface area (Å²) in [7, 11) is -3.66. The van der Waals surface area contributed by atoms with Gasteiger partial charge in [-0.2, -0.15) is 8.42 Å². The van der Waals surface area contributed by atoms with E-state index in [0.717, 1.165) is 32.4 Å². The van der Waals surface area contributed by atoms with Gasteiger partial charge in [0, 0.05) is 24.5 Å². The van der Waals surface area contributed by atoms with Gasteiger partial charge in [0.15, 0.2) is 0 Å². The minimum absolute atomic E-state index is 0.189. The Kier molecular flexibility index (Phi) is 5.27. The number of hydrogen-bond donors (Lipinski definition) is 0. The summed E-state index contributed by atoms with van der Waals surface area (Å²) in [5, 5.41) is 0.515. The van der Waals surface area contributed by atoms with Crippen molar-refractivity contribution in [1.82, 2.24) is 4.90 Å². The van der Waals surface area contributed by atoms with Gasteiger partial charge in [-0.25, -0.2) is 0 Å². The lowest BCUT2D eigenvalue weighted by Gasteiger charge is -2.31. The second-order valence-corrected chi connectivity index (χ2v) is 7.77. The lowest BCUT2D eigenvalue weighted by atomic mass is 10.1. The van der Waals surface area contributed by atoms with Gasteiger partial charge in [-0.1, -0.05) is 25.4 Å². The Labute approximate surface area is 131 Å². The van der Waals surface area contributed by atoms with Crippen LogP contribution in [0.1, 0.15) is 33.1 Å². The van der Waals surface area contributed by atoms with Crippen LogP contribution in [-0.4, -0.2) is 32.2 Å². The third-order valence-electron chi connectivity index (χ3n) is 3.37. The highest BCUT2D eigenvalue weighted by molar-refractivity contribution is 7.90. The molecule has 1 saturated heterocycles. The maximum Gasteiger partial charge on any atom is 0.283 e.